The molecule has 0 radical (unpaired) electrons. The van der Waals surface area contributed by atoms with E-state index in [-0.39, 0.29) is 18.6 Å². The third kappa shape index (κ3) is 4.29. The molecule has 1 N–H and O–H groups in total. The molecule has 0 fully saturated rings. The van der Waals surface area contributed by atoms with Crippen molar-refractivity contribution >= 4 is 12.1 Å². The van der Waals surface area contributed by atoms with Gasteiger partial charge in [-0.25, -0.2) is 5.43 Å². The molecule has 2 aromatic carbocycles. The van der Waals surface area contributed by atoms with Gasteiger partial charge in [-0.3, -0.25) is 4.79 Å². The number of ether oxygens (including phenoxy) is 3. The van der Waals surface area contributed by atoms with E-state index >= 15 is 0 Å². The van der Waals surface area contributed by atoms with Crippen LogP contribution in [0.2, 0.25) is 0 Å². The molecule has 1 atom stereocenters. The number of nitrogens with zero attached hydrogens (tertiary/aromatic N) is 1. The van der Waals surface area contributed by atoms with Crippen LogP contribution < -0.4 is 19.6 Å². The molecular formula is C19H20N2O4. The molecule has 1 aliphatic heterocycles. The summed E-state index contributed by atoms with van der Waals surface area (Å²) >= 11 is 0. The summed E-state index contributed by atoms with van der Waals surface area (Å²) in [4.78, 5) is 12.2. The predicted molar refractivity (Wildman–Crippen MR) is 94.2 cm³/mol. The summed E-state index contributed by atoms with van der Waals surface area (Å²) in [5.41, 5.74) is 4.44. The van der Waals surface area contributed by atoms with Crippen molar-refractivity contribution in [3.05, 3.63) is 53.6 Å². The van der Waals surface area contributed by atoms with Gasteiger partial charge < -0.3 is 14.2 Å². The normalized spacial score (nSPS) is 13.7. The van der Waals surface area contributed by atoms with Gasteiger partial charge in [0.25, 0.3) is 0 Å². The van der Waals surface area contributed by atoms with Gasteiger partial charge in [0.1, 0.15) is 5.75 Å². The molecule has 1 heterocycles. The summed E-state index contributed by atoms with van der Waals surface area (Å²) < 4.78 is 15.8. The molecular weight excluding hydrogens is 320 g/mol. The lowest BCUT2D eigenvalue weighted by molar-refractivity contribution is -0.124. The SMILES string of the molecule is COc1cccc(CC(C)C(=O)N/N=C/c2ccc3c(c2)OCO3)c1. The first-order valence-electron chi connectivity index (χ1n) is 8.01. The summed E-state index contributed by atoms with van der Waals surface area (Å²) in [5, 5.41) is 4.02. The second kappa shape index (κ2) is 7.70. The van der Waals surface area contributed by atoms with Crippen LogP contribution in [0.4, 0.5) is 0 Å². The molecule has 6 heteroatoms. The van der Waals surface area contributed by atoms with Crippen LogP contribution in [0, 0.1) is 5.92 Å². The predicted octanol–water partition coefficient (Wildman–Crippen LogP) is 2.75. The van der Waals surface area contributed by atoms with Crippen LogP contribution in [0.15, 0.2) is 47.6 Å². The minimum absolute atomic E-state index is 0.139. The molecule has 0 saturated heterocycles. The van der Waals surface area contributed by atoms with Crippen molar-refractivity contribution in [2.45, 2.75) is 13.3 Å². The molecule has 0 spiro atoms. The Hall–Kier alpha value is -3.02. The molecule has 1 amide bonds. The topological polar surface area (TPSA) is 69.2 Å². The highest BCUT2D eigenvalue weighted by Gasteiger charge is 2.14. The number of hydrogen-bond donors (Lipinski definition) is 1. The van der Waals surface area contributed by atoms with E-state index < -0.39 is 0 Å². The highest BCUT2D eigenvalue weighted by molar-refractivity contribution is 5.84. The van der Waals surface area contributed by atoms with Crippen molar-refractivity contribution in [2.24, 2.45) is 11.0 Å². The summed E-state index contributed by atoms with van der Waals surface area (Å²) in [6.07, 6.45) is 2.20. The van der Waals surface area contributed by atoms with Crippen LogP contribution in [-0.2, 0) is 11.2 Å². The average molecular weight is 340 g/mol. The van der Waals surface area contributed by atoms with E-state index in [1.165, 1.54) is 0 Å². The van der Waals surface area contributed by atoms with Gasteiger partial charge in [-0.05, 0) is 47.9 Å². The van der Waals surface area contributed by atoms with Crippen LogP contribution in [-0.4, -0.2) is 26.0 Å². The van der Waals surface area contributed by atoms with Gasteiger partial charge in [-0.2, -0.15) is 5.10 Å². The van der Waals surface area contributed by atoms with E-state index in [0.717, 1.165) is 16.9 Å². The summed E-state index contributed by atoms with van der Waals surface area (Å²) in [5.74, 6) is 1.83. The second-order valence-electron chi connectivity index (χ2n) is 5.80. The van der Waals surface area contributed by atoms with E-state index in [4.69, 9.17) is 14.2 Å². The number of methoxy groups -OCH3 is 1. The quantitative estimate of drug-likeness (QED) is 0.648. The van der Waals surface area contributed by atoms with Crippen molar-refractivity contribution in [2.75, 3.05) is 13.9 Å². The zero-order valence-electron chi connectivity index (χ0n) is 14.2. The van der Waals surface area contributed by atoms with E-state index in [1.807, 2.05) is 49.4 Å². The number of amides is 1. The fraction of sp³-hybridized carbons (Fsp3) is 0.263. The maximum atomic E-state index is 12.2. The Labute approximate surface area is 146 Å². The van der Waals surface area contributed by atoms with Crippen LogP contribution in [0.1, 0.15) is 18.1 Å². The molecule has 6 nitrogen and oxygen atoms in total. The van der Waals surface area contributed by atoms with Crippen LogP contribution in [0.5, 0.6) is 17.2 Å². The van der Waals surface area contributed by atoms with Crippen molar-refractivity contribution < 1.29 is 19.0 Å². The van der Waals surface area contributed by atoms with Crippen LogP contribution >= 0.6 is 0 Å². The van der Waals surface area contributed by atoms with Gasteiger partial charge in [0.2, 0.25) is 12.7 Å². The molecule has 25 heavy (non-hydrogen) atoms. The third-order valence-electron chi connectivity index (χ3n) is 3.91. The zero-order valence-corrected chi connectivity index (χ0v) is 14.2. The van der Waals surface area contributed by atoms with Crippen LogP contribution in [0.3, 0.4) is 0 Å². The molecule has 1 unspecified atom stereocenters. The Bertz CT molecular complexity index is 789. The largest absolute Gasteiger partial charge is 0.497 e. The Morgan fingerprint density at radius 1 is 1.28 bits per heavy atom. The van der Waals surface area contributed by atoms with Crippen molar-refractivity contribution in [1.29, 1.82) is 0 Å². The Morgan fingerprint density at radius 2 is 2.12 bits per heavy atom. The fourth-order valence-corrected chi connectivity index (χ4v) is 2.52. The average Bonchev–Trinajstić information content (AvgIpc) is 3.09. The molecule has 0 aromatic heterocycles. The number of fused-ring (bicyclic) bond motifs is 1. The lowest BCUT2D eigenvalue weighted by atomic mass is 10.0. The van der Waals surface area contributed by atoms with Crippen LogP contribution in [0.25, 0.3) is 0 Å². The van der Waals surface area contributed by atoms with Gasteiger partial charge in [0.15, 0.2) is 11.5 Å². The summed E-state index contributed by atoms with van der Waals surface area (Å²) in [6.45, 7) is 2.10. The zero-order chi connectivity index (χ0) is 17.6. The molecule has 3 rings (SSSR count). The van der Waals surface area contributed by atoms with E-state index in [1.54, 1.807) is 13.3 Å². The van der Waals surface area contributed by atoms with Crippen molar-refractivity contribution in [1.82, 2.24) is 5.43 Å². The first-order chi connectivity index (χ1) is 12.2. The minimum Gasteiger partial charge on any atom is -0.497 e. The lowest BCUT2D eigenvalue weighted by Gasteiger charge is -2.10. The number of nitrogens with one attached hydrogen (secondary N) is 1. The molecule has 2 aromatic rings. The number of benzene rings is 2. The van der Waals surface area contributed by atoms with E-state index in [0.29, 0.717) is 17.9 Å². The van der Waals surface area contributed by atoms with Gasteiger partial charge in [-0.15, -0.1) is 0 Å². The summed E-state index contributed by atoms with van der Waals surface area (Å²) in [6, 6.07) is 13.2. The third-order valence-corrected chi connectivity index (χ3v) is 3.91. The number of rotatable bonds is 6. The molecule has 1 aliphatic rings. The molecule has 0 bridgehead atoms. The lowest BCUT2D eigenvalue weighted by Crippen LogP contribution is -2.26. The molecule has 0 saturated carbocycles. The first-order valence-corrected chi connectivity index (χ1v) is 8.01. The van der Waals surface area contributed by atoms with Crippen molar-refractivity contribution in [3.63, 3.8) is 0 Å². The second-order valence-corrected chi connectivity index (χ2v) is 5.80. The molecule has 130 valence electrons. The fourth-order valence-electron chi connectivity index (χ4n) is 2.52. The Balaban J connectivity index is 1.54. The number of carbonyl (C=O) groups excluding carboxylic acids is 1. The smallest absolute Gasteiger partial charge is 0.243 e. The molecule has 0 aliphatic carbocycles. The monoisotopic (exact) mass is 340 g/mol. The standard InChI is InChI=1S/C19H20N2O4/c1-13(8-14-4-3-5-16(9-14)23-2)19(22)21-20-11-15-6-7-17-18(10-15)25-12-24-17/h3-7,9-11,13H,8,12H2,1-2H3,(H,21,22)/b20-11+. The van der Waals surface area contributed by atoms with E-state index in [9.17, 15) is 4.79 Å². The minimum atomic E-state index is -0.207. The van der Waals surface area contributed by atoms with Gasteiger partial charge in [0.05, 0.1) is 13.3 Å². The first kappa shape index (κ1) is 16.8. The number of hydrogen-bond acceptors (Lipinski definition) is 5. The van der Waals surface area contributed by atoms with Gasteiger partial charge in [-0.1, -0.05) is 19.1 Å². The Kier molecular flexibility index (Phi) is 5.18. The van der Waals surface area contributed by atoms with Gasteiger partial charge in [0, 0.05) is 5.92 Å². The number of carbonyl (C=O) groups is 1. The van der Waals surface area contributed by atoms with Gasteiger partial charge >= 0.3 is 0 Å². The Morgan fingerprint density at radius 3 is 2.96 bits per heavy atom. The maximum Gasteiger partial charge on any atom is 0.243 e. The highest BCUT2D eigenvalue weighted by atomic mass is 16.7. The maximum absolute atomic E-state index is 12.2. The van der Waals surface area contributed by atoms with Crippen molar-refractivity contribution in [3.8, 4) is 17.2 Å². The highest BCUT2D eigenvalue weighted by Crippen LogP contribution is 2.31. The number of hydrazone groups is 1. The summed E-state index contributed by atoms with van der Waals surface area (Å²) in [7, 11) is 1.63. The van der Waals surface area contributed by atoms with E-state index in [2.05, 4.69) is 10.5 Å².